The van der Waals surface area contributed by atoms with E-state index in [1.54, 1.807) is 49.4 Å². The lowest BCUT2D eigenvalue weighted by Gasteiger charge is -2.08. The van der Waals surface area contributed by atoms with Crippen LogP contribution in [0.2, 0.25) is 5.02 Å². The molecule has 0 atom stereocenters. The first-order valence-electron chi connectivity index (χ1n) is 11.1. The lowest BCUT2D eigenvalue weighted by molar-refractivity contribution is 0.0951. The van der Waals surface area contributed by atoms with Crippen molar-refractivity contribution in [1.82, 2.24) is 29.8 Å². The average molecular weight is 507 g/mol. The fraction of sp³-hybridized carbons (Fsp3) is 0.160. The van der Waals surface area contributed by atoms with E-state index in [1.807, 2.05) is 0 Å². The van der Waals surface area contributed by atoms with Crippen LogP contribution in [0.25, 0.3) is 22.3 Å². The van der Waals surface area contributed by atoms with Crippen LogP contribution >= 0.6 is 11.6 Å². The smallest absolute Gasteiger partial charge is 0.264 e. The second kappa shape index (κ2) is 9.74. The molecule has 3 aromatic heterocycles. The van der Waals surface area contributed by atoms with Crippen LogP contribution < -0.4 is 10.9 Å². The van der Waals surface area contributed by atoms with Crippen LogP contribution in [0, 0.1) is 12.7 Å². The predicted molar refractivity (Wildman–Crippen MR) is 131 cm³/mol. The summed E-state index contributed by atoms with van der Waals surface area (Å²) in [5.41, 5.74) is 1.67. The highest BCUT2D eigenvalue weighted by Gasteiger charge is 2.23. The van der Waals surface area contributed by atoms with Gasteiger partial charge in [0.1, 0.15) is 34.5 Å². The van der Waals surface area contributed by atoms with Gasteiger partial charge >= 0.3 is 0 Å². The first-order valence-corrected chi connectivity index (χ1v) is 11.5. The number of carbonyl (C=O) groups is 1. The number of aromatic nitrogens is 5. The van der Waals surface area contributed by atoms with Gasteiger partial charge < -0.3 is 9.84 Å². The van der Waals surface area contributed by atoms with Gasteiger partial charge in [-0.15, -0.1) is 0 Å². The molecule has 0 saturated heterocycles. The maximum absolute atomic E-state index is 14.0. The third-order valence-electron chi connectivity index (χ3n) is 5.75. The van der Waals surface area contributed by atoms with Gasteiger partial charge in [0.15, 0.2) is 5.65 Å². The molecule has 9 nitrogen and oxygen atoms in total. The zero-order chi connectivity index (χ0) is 25.2. The molecule has 0 aliphatic heterocycles. The van der Waals surface area contributed by atoms with Crippen LogP contribution in [0.4, 0.5) is 4.39 Å². The van der Waals surface area contributed by atoms with Crippen LogP contribution in [0.1, 0.15) is 21.7 Å². The van der Waals surface area contributed by atoms with Gasteiger partial charge in [0.2, 0.25) is 0 Å². The summed E-state index contributed by atoms with van der Waals surface area (Å²) in [7, 11) is 0. The number of halogens is 2. The molecule has 0 aliphatic rings. The Bertz CT molecular complexity index is 1640. The van der Waals surface area contributed by atoms with Gasteiger partial charge in [-0.25, -0.2) is 14.1 Å². The van der Waals surface area contributed by atoms with E-state index in [-0.39, 0.29) is 31.1 Å². The molecule has 3 heterocycles. The summed E-state index contributed by atoms with van der Waals surface area (Å²) in [6.45, 7) is 2.19. The van der Waals surface area contributed by atoms with Crippen molar-refractivity contribution in [3.8, 4) is 11.3 Å². The Labute approximate surface area is 209 Å². The molecule has 0 unspecified atom stereocenters. The minimum absolute atomic E-state index is 0.0571. The predicted octanol–water partition coefficient (Wildman–Crippen LogP) is 3.83. The van der Waals surface area contributed by atoms with Gasteiger partial charge in [-0.05, 0) is 19.1 Å². The molecule has 0 saturated carbocycles. The van der Waals surface area contributed by atoms with E-state index in [2.05, 4.69) is 20.6 Å². The second-order valence-electron chi connectivity index (χ2n) is 8.07. The maximum Gasteiger partial charge on any atom is 0.264 e. The third-order valence-corrected chi connectivity index (χ3v) is 6.08. The zero-order valence-corrected chi connectivity index (χ0v) is 19.9. The molecular weight excluding hydrogens is 487 g/mol. The number of rotatable bonds is 7. The summed E-state index contributed by atoms with van der Waals surface area (Å²) in [6, 6.07) is 13.3. The van der Waals surface area contributed by atoms with Crippen LogP contribution in [0.5, 0.6) is 0 Å². The average Bonchev–Trinajstić information content (AvgIpc) is 3.46. The van der Waals surface area contributed by atoms with Crippen molar-refractivity contribution in [2.75, 3.05) is 6.54 Å². The molecule has 0 bridgehead atoms. The fourth-order valence-corrected chi connectivity index (χ4v) is 4.15. The summed E-state index contributed by atoms with van der Waals surface area (Å²) in [5.74, 6) is -0.402. The number of carbonyl (C=O) groups excluding carboxylic acids is 1. The van der Waals surface area contributed by atoms with Crippen LogP contribution in [0.3, 0.4) is 0 Å². The molecule has 0 aliphatic carbocycles. The molecule has 2 aromatic carbocycles. The third kappa shape index (κ3) is 4.38. The van der Waals surface area contributed by atoms with E-state index < -0.39 is 5.82 Å². The van der Waals surface area contributed by atoms with Crippen molar-refractivity contribution in [3.63, 3.8) is 0 Å². The van der Waals surface area contributed by atoms with Gasteiger partial charge in [-0.2, -0.15) is 5.10 Å². The number of fused-ring (bicyclic) bond motifs is 1. The molecule has 36 heavy (non-hydrogen) atoms. The molecule has 1 amide bonds. The molecule has 182 valence electrons. The Morgan fingerprint density at radius 1 is 1.17 bits per heavy atom. The second-order valence-corrected chi connectivity index (χ2v) is 8.48. The summed E-state index contributed by atoms with van der Waals surface area (Å²) < 4.78 is 22.1. The van der Waals surface area contributed by atoms with Crippen molar-refractivity contribution in [2.24, 2.45) is 0 Å². The Hall–Kier alpha value is -4.31. The van der Waals surface area contributed by atoms with Crippen molar-refractivity contribution < 1.29 is 13.7 Å². The standard InChI is InChI=1S/C25H20ClFN6O3/c1-15-21(22(31-36-15)17-7-3-4-8-19(17)26)24(34)28-10-11-33-23-18(12-30-33)25(35)32(14-29-23)13-16-6-2-5-9-20(16)27/h2-9,12,14H,10-11,13H2,1H3,(H,28,34). The Kier molecular flexibility index (Phi) is 6.34. The number of nitrogens with one attached hydrogen (secondary N) is 1. The minimum Gasteiger partial charge on any atom is -0.360 e. The van der Waals surface area contributed by atoms with E-state index in [4.69, 9.17) is 16.1 Å². The van der Waals surface area contributed by atoms with E-state index in [0.29, 0.717) is 44.2 Å². The van der Waals surface area contributed by atoms with Crippen molar-refractivity contribution in [1.29, 1.82) is 0 Å². The lowest BCUT2D eigenvalue weighted by atomic mass is 10.1. The summed E-state index contributed by atoms with van der Waals surface area (Å²) >= 11 is 6.27. The van der Waals surface area contributed by atoms with Crippen molar-refractivity contribution in [3.05, 3.63) is 99.1 Å². The lowest BCUT2D eigenvalue weighted by Crippen LogP contribution is -2.28. The van der Waals surface area contributed by atoms with Gasteiger partial charge in [0, 0.05) is 17.7 Å². The maximum atomic E-state index is 14.0. The number of amides is 1. The highest BCUT2D eigenvalue weighted by molar-refractivity contribution is 6.33. The Balaban J connectivity index is 1.31. The van der Waals surface area contributed by atoms with E-state index in [9.17, 15) is 14.0 Å². The summed E-state index contributed by atoms with van der Waals surface area (Å²) in [4.78, 5) is 30.2. The van der Waals surface area contributed by atoms with Crippen LogP contribution in [-0.4, -0.2) is 36.9 Å². The number of nitrogens with zero attached hydrogens (tertiary/aromatic N) is 5. The first-order chi connectivity index (χ1) is 17.4. The quantitative estimate of drug-likeness (QED) is 0.359. The molecule has 0 fully saturated rings. The topological polar surface area (TPSA) is 108 Å². The van der Waals surface area contributed by atoms with E-state index >= 15 is 0 Å². The van der Waals surface area contributed by atoms with E-state index in [1.165, 1.54) is 27.8 Å². The molecular formula is C25H20ClFN6O3. The zero-order valence-electron chi connectivity index (χ0n) is 19.1. The van der Waals surface area contributed by atoms with Crippen LogP contribution in [-0.2, 0) is 13.1 Å². The van der Waals surface area contributed by atoms with Crippen LogP contribution in [0.15, 0.2) is 70.4 Å². The minimum atomic E-state index is -0.392. The molecule has 5 rings (SSSR count). The van der Waals surface area contributed by atoms with Crippen molar-refractivity contribution >= 4 is 28.5 Å². The normalized spacial score (nSPS) is 11.2. The number of hydrogen-bond acceptors (Lipinski definition) is 6. The van der Waals surface area contributed by atoms with Crippen molar-refractivity contribution in [2.45, 2.75) is 20.0 Å². The molecule has 0 spiro atoms. The number of hydrogen-bond donors (Lipinski definition) is 1. The monoisotopic (exact) mass is 506 g/mol. The fourth-order valence-electron chi connectivity index (χ4n) is 3.92. The highest BCUT2D eigenvalue weighted by Crippen LogP contribution is 2.30. The summed E-state index contributed by atoms with van der Waals surface area (Å²) in [6.07, 6.45) is 2.79. The van der Waals surface area contributed by atoms with Gasteiger partial charge in [0.05, 0.1) is 24.3 Å². The molecule has 5 aromatic rings. The summed E-state index contributed by atoms with van der Waals surface area (Å²) in [5, 5.41) is 11.8. The molecule has 11 heteroatoms. The Morgan fingerprint density at radius 2 is 1.94 bits per heavy atom. The molecule has 0 radical (unpaired) electrons. The SMILES string of the molecule is Cc1onc(-c2ccccc2Cl)c1C(=O)NCCn1ncc2c(=O)n(Cc3ccccc3F)cnc21. The van der Waals surface area contributed by atoms with E-state index in [0.717, 1.165) is 0 Å². The Morgan fingerprint density at radius 3 is 2.75 bits per heavy atom. The molecule has 1 N–H and O–H groups in total. The highest BCUT2D eigenvalue weighted by atomic mass is 35.5. The number of aryl methyl sites for hydroxylation is 1. The van der Waals surface area contributed by atoms with Gasteiger partial charge in [-0.1, -0.05) is 53.2 Å². The number of benzene rings is 2. The van der Waals surface area contributed by atoms with Gasteiger partial charge in [-0.3, -0.25) is 14.2 Å². The first kappa shape index (κ1) is 23.4. The largest absolute Gasteiger partial charge is 0.360 e. The van der Waals surface area contributed by atoms with Gasteiger partial charge in [0.25, 0.3) is 11.5 Å².